The lowest BCUT2D eigenvalue weighted by molar-refractivity contribution is -0.0196. The summed E-state index contributed by atoms with van der Waals surface area (Å²) >= 11 is 1.87. The first kappa shape index (κ1) is 12.3. The maximum absolute atomic E-state index is 10.3. The van der Waals surface area contributed by atoms with Crippen LogP contribution in [0.4, 0.5) is 0 Å². The van der Waals surface area contributed by atoms with Gasteiger partial charge < -0.3 is 10.0 Å². The van der Waals surface area contributed by atoms with Crippen LogP contribution in [-0.4, -0.2) is 47.8 Å². The predicted octanol–water partition coefficient (Wildman–Crippen LogP) is 1.98. The average Bonchev–Trinajstić information content (AvgIpc) is 2.15. The monoisotopic (exact) mass is 217 g/mol. The van der Waals surface area contributed by atoms with Crippen LogP contribution in [-0.2, 0) is 0 Å². The third kappa shape index (κ3) is 4.20. The van der Waals surface area contributed by atoms with E-state index in [1.54, 1.807) is 0 Å². The number of likely N-dealkylation sites (N-methyl/N-ethyl adjacent to an activating group) is 1. The van der Waals surface area contributed by atoms with Crippen LogP contribution in [0.2, 0.25) is 0 Å². The van der Waals surface area contributed by atoms with Gasteiger partial charge in [-0.05, 0) is 26.1 Å². The zero-order valence-corrected chi connectivity index (χ0v) is 10.3. The molecule has 1 aliphatic rings. The van der Waals surface area contributed by atoms with E-state index in [1.807, 2.05) is 11.8 Å². The van der Waals surface area contributed by atoms with Crippen LogP contribution in [0.1, 0.15) is 32.1 Å². The van der Waals surface area contributed by atoms with Crippen LogP contribution in [0, 0.1) is 0 Å². The first-order valence-corrected chi connectivity index (χ1v) is 6.95. The van der Waals surface area contributed by atoms with Crippen LogP contribution in [0.3, 0.4) is 0 Å². The minimum absolute atomic E-state index is 0.384. The standard InChI is InChI=1S/C11H23NOS/c1-12(8-9-14-2)10-11(13)6-4-3-5-7-11/h13H,3-10H2,1-2H3. The summed E-state index contributed by atoms with van der Waals surface area (Å²) in [6.07, 6.45) is 7.83. The Balaban J connectivity index is 2.25. The van der Waals surface area contributed by atoms with Crippen LogP contribution in [0.15, 0.2) is 0 Å². The van der Waals surface area contributed by atoms with Crippen molar-refractivity contribution in [1.29, 1.82) is 0 Å². The van der Waals surface area contributed by atoms with Crippen molar-refractivity contribution < 1.29 is 5.11 Å². The molecule has 2 nitrogen and oxygen atoms in total. The highest BCUT2D eigenvalue weighted by Gasteiger charge is 2.29. The van der Waals surface area contributed by atoms with Gasteiger partial charge >= 0.3 is 0 Å². The Morgan fingerprint density at radius 2 is 1.93 bits per heavy atom. The first-order valence-electron chi connectivity index (χ1n) is 5.56. The molecule has 14 heavy (non-hydrogen) atoms. The molecular formula is C11H23NOS. The van der Waals surface area contributed by atoms with Crippen LogP contribution >= 0.6 is 11.8 Å². The second-order valence-electron chi connectivity index (χ2n) is 4.52. The molecule has 0 bridgehead atoms. The van der Waals surface area contributed by atoms with Crippen molar-refractivity contribution in [1.82, 2.24) is 4.90 Å². The van der Waals surface area contributed by atoms with E-state index in [9.17, 15) is 5.11 Å². The summed E-state index contributed by atoms with van der Waals surface area (Å²) in [6.45, 7) is 1.94. The molecule has 0 unspecified atom stereocenters. The maximum atomic E-state index is 10.3. The van der Waals surface area contributed by atoms with Crippen molar-refractivity contribution in [2.75, 3.05) is 32.1 Å². The van der Waals surface area contributed by atoms with Gasteiger partial charge in [0.2, 0.25) is 0 Å². The number of thioether (sulfide) groups is 1. The van der Waals surface area contributed by atoms with E-state index in [0.717, 1.165) is 31.7 Å². The first-order chi connectivity index (χ1) is 6.66. The lowest BCUT2D eigenvalue weighted by atomic mass is 9.84. The van der Waals surface area contributed by atoms with E-state index < -0.39 is 0 Å². The number of rotatable bonds is 5. The average molecular weight is 217 g/mol. The molecule has 0 spiro atoms. The van der Waals surface area contributed by atoms with Gasteiger partial charge in [-0.2, -0.15) is 11.8 Å². The van der Waals surface area contributed by atoms with Gasteiger partial charge in [0, 0.05) is 18.8 Å². The minimum atomic E-state index is -0.384. The summed E-state index contributed by atoms with van der Waals surface area (Å²) in [5.41, 5.74) is -0.384. The Hall–Kier alpha value is 0.270. The summed E-state index contributed by atoms with van der Waals surface area (Å²) in [5.74, 6) is 1.16. The van der Waals surface area contributed by atoms with Crippen LogP contribution in [0.5, 0.6) is 0 Å². The summed E-state index contributed by atoms with van der Waals surface area (Å²) in [5, 5.41) is 10.3. The van der Waals surface area contributed by atoms with Gasteiger partial charge in [0.15, 0.2) is 0 Å². The summed E-state index contributed by atoms with van der Waals surface area (Å²) in [6, 6.07) is 0. The highest BCUT2D eigenvalue weighted by atomic mass is 32.2. The zero-order valence-electron chi connectivity index (χ0n) is 9.46. The second-order valence-corrected chi connectivity index (χ2v) is 5.50. The number of hydrogen-bond donors (Lipinski definition) is 1. The number of nitrogens with zero attached hydrogens (tertiary/aromatic N) is 1. The van der Waals surface area contributed by atoms with Crippen molar-refractivity contribution in [3.05, 3.63) is 0 Å². The predicted molar refractivity (Wildman–Crippen MR) is 63.9 cm³/mol. The molecule has 0 atom stereocenters. The van der Waals surface area contributed by atoms with Crippen molar-refractivity contribution in [2.45, 2.75) is 37.7 Å². The normalized spacial score (nSPS) is 21.4. The Morgan fingerprint density at radius 1 is 1.29 bits per heavy atom. The molecular weight excluding hydrogens is 194 g/mol. The lowest BCUT2D eigenvalue weighted by Crippen LogP contribution is -2.43. The Morgan fingerprint density at radius 3 is 2.50 bits per heavy atom. The van der Waals surface area contributed by atoms with Crippen molar-refractivity contribution in [3.8, 4) is 0 Å². The molecule has 1 saturated carbocycles. The van der Waals surface area contributed by atoms with Gasteiger partial charge in [0.25, 0.3) is 0 Å². The molecule has 84 valence electrons. The van der Waals surface area contributed by atoms with Crippen LogP contribution in [0.25, 0.3) is 0 Å². The molecule has 0 saturated heterocycles. The number of aliphatic hydroxyl groups is 1. The van der Waals surface area contributed by atoms with E-state index in [0.29, 0.717) is 0 Å². The Kier molecular flexibility index (Phi) is 5.28. The number of hydrogen-bond acceptors (Lipinski definition) is 3. The van der Waals surface area contributed by atoms with Gasteiger partial charge in [0.05, 0.1) is 5.60 Å². The second kappa shape index (κ2) is 5.99. The van der Waals surface area contributed by atoms with E-state index in [1.165, 1.54) is 19.3 Å². The molecule has 0 radical (unpaired) electrons. The van der Waals surface area contributed by atoms with Gasteiger partial charge in [-0.3, -0.25) is 0 Å². The molecule has 1 fully saturated rings. The molecule has 0 aromatic heterocycles. The quantitative estimate of drug-likeness (QED) is 0.762. The summed E-state index contributed by atoms with van der Waals surface area (Å²) < 4.78 is 0. The summed E-state index contributed by atoms with van der Waals surface area (Å²) in [4.78, 5) is 2.27. The van der Waals surface area contributed by atoms with E-state index in [-0.39, 0.29) is 5.60 Å². The molecule has 1 aliphatic carbocycles. The maximum Gasteiger partial charge on any atom is 0.0774 e. The molecule has 1 rings (SSSR count). The van der Waals surface area contributed by atoms with Gasteiger partial charge in [-0.1, -0.05) is 19.3 Å². The fourth-order valence-electron chi connectivity index (χ4n) is 2.20. The zero-order chi connectivity index (χ0) is 10.4. The molecule has 0 aromatic rings. The molecule has 0 amide bonds. The lowest BCUT2D eigenvalue weighted by Gasteiger charge is -2.35. The van der Waals surface area contributed by atoms with Crippen molar-refractivity contribution in [3.63, 3.8) is 0 Å². The van der Waals surface area contributed by atoms with Crippen LogP contribution < -0.4 is 0 Å². The van der Waals surface area contributed by atoms with E-state index in [2.05, 4.69) is 18.2 Å². The van der Waals surface area contributed by atoms with Crippen molar-refractivity contribution in [2.24, 2.45) is 0 Å². The van der Waals surface area contributed by atoms with Gasteiger partial charge in [0.1, 0.15) is 0 Å². The molecule has 1 N–H and O–H groups in total. The highest BCUT2D eigenvalue weighted by molar-refractivity contribution is 7.98. The fraction of sp³-hybridized carbons (Fsp3) is 1.00. The van der Waals surface area contributed by atoms with E-state index in [4.69, 9.17) is 0 Å². The highest BCUT2D eigenvalue weighted by Crippen LogP contribution is 2.28. The summed E-state index contributed by atoms with van der Waals surface area (Å²) in [7, 11) is 2.11. The SMILES string of the molecule is CSCCN(C)CC1(O)CCCCC1. The van der Waals surface area contributed by atoms with Gasteiger partial charge in [-0.25, -0.2) is 0 Å². The molecule has 3 heteroatoms. The minimum Gasteiger partial charge on any atom is -0.389 e. The third-order valence-corrected chi connectivity index (χ3v) is 3.62. The largest absolute Gasteiger partial charge is 0.389 e. The Labute approximate surface area is 92.1 Å². The molecule has 0 heterocycles. The Bertz CT molecular complexity index is 157. The topological polar surface area (TPSA) is 23.5 Å². The van der Waals surface area contributed by atoms with Crippen molar-refractivity contribution >= 4 is 11.8 Å². The fourth-order valence-corrected chi connectivity index (χ4v) is 2.69. The molecule has 0 aromatic carbocycles. The van der Waals surface area contributed by atoms with E-state index >= 15 is 0 Å². The smallest absolute Gasteiger partial charge is 0.0774 e. The van der Waals surface area contributed by atoms with Gasteiger partial charge in [-0.15, -0.1) is 0 Å². The molecule has 0 aliphatic heterocycles. The third-order valence-electron chi connectivity index (χ3n) is 3.03.